The summed E-state index contributed by atoms with van der Waals surface area (Å²) in [6.07, 6.45) is 0. The van der Waals surface area contributed by atoms with Crippen LogP contribution in [-0.2, 0) is 9.53 Å². The SMILES string of the molecule is CCOCC(=O)N(C)[C@@H](C)c1cc2ccccc2o1. The van der Waals surface area contributed by atoms with Crippen LogP contribution in [0.3, 0.4) is 0 Å². The van der Waals surface area contributed by atoms with Crippen LogP contribution in [0.4, 0.5) is 0 Å². The van der Waals surface area contributed by atoms with E-state index in [1.165, 1.54) is 0 Å². The summed E-state index contributed by atoms with van der Waals surface area (Å²) in [6, 6.07) is 9.69. The van der Waals surface area contributed by atoms with Gasteiger partial charge in [-0.3, -0.25) is 4.79 Å². The highest BCUT2D eigenvalue weighted by Crippen LogP contribution is 2.26. The molecule has 0 radical (unpaired) electrons. The molecule has 0 spiro atoms. The third kappa shape index (κ3) is 2.96. The fourth-order valence-electron chi connectivity index (χ4n) is 1.91. The van der Waals surface area contributed by atoms with Crippen molar-refractivity contribution >= 4 is 16.9 Å². The number of nitrogens with zero attached hydrogens (tertiary/aromatic N) is 1. The van der Waals surface area contributed by atoms with E-state index in [2.05, 4.69) is 0 Å². The van der Waals surface area contributed by atoms with Crippen LogP contribution in [0.15, 0.2) is 34.7 Å². The van der Waals surface area contributed by atoms with Gasteiger partial charge in [-0.15, -0.1) is 0 Å². The van der Waals surface area contributed by atoms with Crippen molar-refractivity contribution in [1.82, 2.24) is 4.90 Å². The quantitative estimate of drug-likeness (QED) is 0.831. The second-order valence-electron chi connectivity index (χ2n) is 4.50. The third-order valence-electron chi connectivity index (χ3n) is 3.26. The van der Waals surface area contributed by atoms with Gasteiger partial charge in [-0.25, -0.2) is 0 Å². The van der Waals surface area contributed by atoms with Crippen molar-refractivity contribution in [1.29, 1.82) is 0 Å². The molecule has 1 heterocycles. The van der Waals surface area contributed by atoms with Gasteiger partial charge in [0.15, 0.2) is 0 Å². The molecule has 19 heavy (non-hydrogen) atoms. The predicted octanol–water partition coefficient (Wildman–Crippen LogP) is 2.99. The Labute approximate surface area is 112 Å². The number of ether oxygens (including phenoxy) is 1. The van der Waals surface area contributed by atoms with Crippen LogP contribution in [-0.4, -0.2) is 31.1 Å². The van der Waals surface area contributed by atoms with Crippen LogP contribution >= 0.6 is 0 Å². The van der Waals surface area contributed by atoms with Crippen LogP contribution in [0.25, 0.3) is 11.0 Å². The minimum absolute atomic E-state index is 0.0465. The zero-order valence-electron chi connectivity index (χ0n) is 11.6. The Morgan fingerprint density at radius 2 is 2.16 bits per heavy atom. The number of hydrogen-bond acceptors (Lipinski definition) is 3. The number of likely N-dealkylation sites (N-methyl/N-ethyl adjacent to an activating group) is 1. The Hall–Kier alpha value is -1.81. The van der Waals surface area contributed by atoms with E-state index in [0.717, 1.165) is 16.7 Å². The van der Waals surface area contributed by atoms with Gasteiger partial charge in [-0.2, -0.15) is 0 Å². The first-order valence-corrected chi connectivity index (χ1v) is 6.45. The Morgan fingerprint density at radius 1 is 1.42 bits per heavy atom. The number of hydrogen-bond donors (Lipinski definition) is 0. The van der Waals surface area contributed by atoms with Crippen LogP contribution in [0.2, 0.25) is 0 Å². The fraction of sp³-hybridized carbons (Fsp3) is 0.400. The van der Waals surface area contributed by atoms with Crippen molar-refractivity contribution in [3.63, 3.8) is 0 Å². The molecule has 0 aliphatic rings. The average Bonchev–Trinajstić information content (AvgIpc) is 2.86. The molecule has 2 rings (SSSR count). The van der Waals surface area contributed by atoms with Crippen molar-refractivity contribution in [3.05, 3.63) is 36.1 Å². The monoisotopic (exact) mass is 261 g/mol. The number of benzene rings is 1. The number of rotatable bonds is 5. The van der Waals surface area contributed by atoms with E-state index in [9.17, 15) is 4.79 Å². The lowest BCUT2D eigenvalue weighted by Gasteiger charge is -2.23. The van der Waals surface area contributed by atoms with Gasteiger partial charge in [0.05, 0.1) is 6.04 Å². The van der Waals surface area contributed by atoms with Crippen LogP contribution < -0.4 is 0 Å². The van der Waals surface area contributed by atoms with Crippen molar-refractivity contribution in [3.8, 4) is 0 Å². The van der Waals surface area contributed by atoms with Crippen molar-refractivity contribution in [2.75, 3.05) is 20.3 Å². The number of amides is 1. The molecule has 1 amide bonds. The summed E-state index contributed by atoms with van der Waals surface area (Å²) in [4.78, 5) is 13.5. The first-order valence-electron chi connectivity index (χ1n) is 6.45. The van der Waals surface area contributed by atoms with E-state index in [1.807, 2.05) is 44.2 Å². The van der Waals surface area contributed by atoms with Crippen LogP contribution in [0.1, 0.15) is 25.6 Å². The zero-order chi connectivity index (χ0) is 13.8. The topological polar surface area (TPSA) is 42.7 Å². The van der Waals surface area contributed by atoms with Crippen molar-refractivity contribution in [2.24, 2.45) is 0 Å². The second kappa shape index (κ2) is 5.89. The van der Waals surface area contributed by atoms with Crippen LogP contribution in [0.5, 0.6) is 0 Å². The number of fused-ring (bicyclic) bond motifs is 1. The summed E-state index contributed by atoms with van der Waals surface area (Å²) in [5.74, 6) is 0.739. The molecule has 0 unspecified atom stereocenters. The van der Waals surface area contributed by atoms with E-state index in [-0.39, 0.29) is 18.6 Å². The first-order chi connectivity index (χ1) is 9.13. The normalized spacial score (nSPS) is 12.6. The lowest BCUT2D eigenvalue weighted by molar-refractivity contribution is -0.136. The van der Waals surface area contributed by atoms with Gasteiger partial charge in [0, 0.05) is 19.0 Å². The summed E-state index contributed by atoms with van der Waals surface area (Å²) >= 11 is 0. The lowest BCUT2D eigenvalue weighted by Crippen LogP contribution is -2.32. The maximum atomic E-state index is 11.9. The summed E-state index contributed by atoms with van der Waals surface area (Å²) in [6.45, 7) is 4.47. The molecular weight excluding hydrogens is 242 g/mol. The first kappa shape index (κ1) is 13.6. The largest absolute Gasteiger partial charge is 0.459 e. The van der Waals surface area contributed by atoms with E-state index in [0.29, 0.717) is 6.61 Å². The molecule has 0 saturated heterocycles. The van der Waals surface area contributed by atoms with Crippen molar-refractivity contribution < 1.29 is 13.9 Å². The lowest BCUT2D eigenvalue weighted by atomic mass is 10.2. The Morgan fingerprint density at radius 3 is 2.84 bits per heavy atom. The standard InChI is InChI=1S/C15H19NO3/c1-4-18-10-15(17)16(3)11(2)14-9-12-7-5-6-8-13(12)19-14/h5-9,11H,4,10H2,1-3H3/t11-/m0/s1. The van der Waals surface area contributed by atoms with Gasteiger partial charge >= 0.3 is 0 Å². The zero-order valence-corrected chi connectivity index (χ0v) is 11.6. The highest BCUT2D eigenvalue weighted by molar-refractivity contribution is 5.79. The molecule has 4 heteroatoms. The molecule has 1 aromatic heterocycles. The predicted molar refractivity (Wildman–Crippen MR) is 73.9 cm³/mol. The summed E-state index contributed by atoms with van der Waals surface area (Å²) in [5, 5.41) is 1.05. The van der Waals surface area contributed by atoms with Gasteiger partial charge in [0.2, 0.25) is 5.91 Å². The molecule has 0 N–H and O–H groups in total. The molecule has 0 bridgehead atoms. The number of para-hydroxylation sites is 1. The third-order valence-corrected chi connectivity index (χ3v) is 3.26. The highest BCUT2D eigenvalue weighted by Gasteiger charge is 2.20. The van der Waals surface area contributed by atoms with Gasteiger partial charge in [-0.1, -0.05) is 18.2 Å². The van der Waals surface area contributed by atoms with Gasteiger partial charge < -0.3 is 14.1 Å². The summed E-state index contributed by atoms with van der Waals surface area (Å²) in [5.41, 5.74) is 0.843. The number of furan rings is 1. The molecule has 0 aliphatic heterocycles. The van der Waals surface area contributed by atoms with Gasteiger partial charge in [0.25, 0.3) is 0 Å². The molecule has 0 fully saturated rings. The molecule has 1 aromatic carbocycles. The summed E-state index contributed by atoms with van der Waals surface area (Å²) in [7, 11) is 1.76. The molecular formula is C15H19NO3. The Balaban J connectivity index is 2.14. The van der Waals surface area contributed by atoms with E-state index in [4.69, 9.17) is 9.15 Å². The smallest absolute Gasteiger partial charge is 0.248 e. The molecule has 0 aliphatic carbocycles. The minimum atomic E-state index is -0.111. The second-order valence-corrected chi connectivity index (χ2v) is 4.50. The molecule has 4 nitrogen and oxygen atoms in total. The van der Waals surface area contributed by atoms with E-state index in [1.54, 1.807) is 11.9 Å². The highest BCUT2D eigenvalue weighted by atomic mass is 16.5. The van der Waals surface area contributed by atoms with Gasteiger partial charge in [0.1, 0.15) is 18.0 Å². The average molecular weight is 261 g/mol. The molecule has 102 valence electrons. The van der Waals surface area contributed by atoms with E-state index < -0.39 is 0 Å². The maximum Gasteiger partial charge on any atom is 0.248 e. The number of carbonyl (C=O) groups excluding carboxylic acids is 1. The number of carbonyl (C=O) groups is 1. The fourth-order valence-corrected chi connectivity index (χ4v) is 1.91. The van der Waals surface area contributed by atoms with E-state index >= 15 is 0 Å². The van der Waals surface area contributed by atoms with Crippen LogP contribution in [0, 0.1) is 0 Å². The van der Waals surface area contributed by atoms with Gasteiger partial charge in [-0.05, 0) is 26.0 Å². The molecule has 2 aromatic rings. The molecule has 1 atom stereocenters. The Bertz CT molecular complexity index is 528. The summed E-state index contributed by atoms with van der Waals surface area (Å²) < 4.78 is 10.9. The maximum absolute atomic E-state index is 11.9. The van der Waals surface area contributed by atoms with Crippen molar-refractivity contribution in [2.45, 2.75) is 19.9 Å². The minimum Gasteiger partial charge on any atom is -0.459 e. The Kier molecular flexibility index (Phi) is 4.22. The molecule has 0 saturated carbocycles.